The van der Waals surface area contributed by atoms with Crippen LogP contribution in [-0.2, 0) is 4.79 Å². The number of ketones is 1. The number of hydrogen-bond acceptors (Lipinski definition) is 2. The van der Waals surface area contributed by atoms with E-state index in [0.29, 0.717) is 12.1 Å². The summed E-state index contributed by atoms with van der Waals surface area (Å²) < 4.78 is 0. The van der Waals surface area contributed by atoms with E-state index in [1.165, 1.54) is 6.08 Å². The smallest absolute Gasteiger partial charge is 0.157 e. The minimum Gasteiger partial charge on any atom is -0.402 e. The van der Waals surface area contributed by atoms with Gasteiger partial charge in [0.25, 0.3) is 0 Å². The van der Waals surface area contributed by atoms with Gasteiger partial charge in [-0.1, -0.05) is 13.3 Å². The highest BCUT2D eigenvalue weighted by Crippen LogP contribution is 1.96. The number of allylic oxidation sites excluding steroid dienone is 2. The largest absolute Gasteiger partial charge is 0.402 e. The second-order valence-corrected chi connectivity index (χ2v) is 2.46. The highest BCUT2D eigenvalue weighted by Gasteiger charge is 1.94. The fourth-order valence-corrected chi connectivity index (χ4v) is 0.677. The molecule has 2 N–H and O–H groups in total. The lowest BCUT2D eigenvalue weighted by molar-refractivity contribution is -0.114. The number of carbonyl (C=O) groups is 1. The lowest BCUT2D eigenvalue weighted by atomic mass is 10.2. The lowest BCUT2D eigenvalue weighted by Crippen LogP contribution is -1.98. The van der Waals surface area contributed by atoms with Crippen molar-refractivity contribution in [2.45, 2.75) is 33.1 Å². The van der Waals surface area contributed by atoms with Crippen LogP contribution >= 0.6 is 0 Å². The van der Waals surface area contributed by atoms with Crippen LogP contribution in [0.5, 0.6) is 0 Å². The molecule has 2 heteroatoms. The van der Waals surface area contributed by atoms with Crippen LogP contribution in [0.3, 0.4) is 0 Å². The van der Waals surface area contributed by atoms with Gasteiger partial charge in [0, 0.05) is 12.1 Å². The molecule has 58 valence electrons. The summed E-state index contributed by atoms with van der Waals surface area (Å²) >= 11 is 0. The number of unbranched alkanes of at least 4 members (excludes halogenated alkanes) is 1. The fourth-order valence-electron chi connectivity index (χ4n) is 0.677. The Kier molecular flexibility index (Phi) is 4.63. The van der Waals surface area contributed by atoms with Crippen LogP contribution in [-0.4, -0.2) is 5.78 Å². The Hall–Kier alpha value is -0.790. The van der Waals surface area contributed by atoms with Gasteiger partial charge in [-0.05, 0) is 19.4 Å². The molecule has 0 aliphatic heterocycles. The van der Waals surface area contributed by atoms with Crippen LogP contribution in [0.1, 0.15) is 33.1 Å². The van der Waals surface area contributed by atoms with Gasteiger partial charge in [-0.25, -0.2) is 0 Å². The zero-order chi connectivity index (χ0) is 7.98. The molecular formula is C8H15NO. The summed E-state index contributed by atoms with van der Waals surface area (Å²) in [4.78, 5) is 10.9. The molecule has 0 aromatic heterocycles. The van der Waals surface area contributed by atoms with Crippen LogP contribution in [0.15, 0.2) is 11.8 Å². The quantitative estimate of drug-likeness (QED) is 0.604. The molecule has 0 heterocycles. The van der Waals surface area contributed by atoms with Gasteiger partial charge >= 0.3 is 0 Å². The first-order valence-corrected chi connectivity index (χ1v) is 3.63. The minimum absolute atomic E-state index is 0.141. The van der Waals surface area contributed by atoms with Crippen molar-refractivity contribution in [2.75, 3.05) is 0 Å². The highest BCUT2D eigenvalue weighted by molar-refractivity contribution is 5.89. The molecule has 0 aliphatic rings. The van der Waals surface area contributed by atoms with Gasteiger partial charge in [0.2, 0.25) is 0 Å². The van der Waals surface area contributed by atoms with E-state index in [1.807, 2.05) is 0 Å². The van der Waals surface area contributed by atoms with Gasteiger partial charge in [0.1, 0.15) is 0 Å². The zero-order valence-electron chi connectivity index (χ0n) is 6.68. The molecule has 0 radical (unpaired) electrons. The molecular weight excluding hydrogens is 126 g/mol. The molecule has 0 amide bonds. The fraction of sp³-hybridized carbons (Fsp3) is 0.625. The van der Waals surface area contributed by atoms with Gasteiger partial charge in [-0.2, -0.15) is 0 Å². The van der Waals surface area contributed by atoms with E-state index in [4.69, 9.17) is 5.73 Å². The van der Waals surface area contributed by atoms with Crippen molar-refractivity contribution in [3.8, 4) is 0 Å². The zero-order valence-corrected chi connectivity index (χ0v) is 6.68. The summed E-state index contributed by atoms with van der Waals surface area (Å²) in [5.74, 6) is 0.141. The predicted molar refractivity (Wildman–Crippen MR) is 42.5 cm³/mol. The van der Waals surface area contributed by atoms with E-state index in [-0.39, 0.29) is 5.78 Å². The summed E-state index contributed by atoms with van der Waals surface area (Å²) in [5, 5.41) is 0. The third-order valence-corrected chi connectivity index (χ3v) is 1.17. The summed E-state index contributed by atoms with van der Waals surface area (Å²) in [6.45, 7) is 3.79. The number of hydrogen-bond donors (Lipinski definition) is 1. The van der Waals surface area contributed by atoms with Crippen LogP contribution in [0.4, 0.5) is 0 Å². The first-order valence-electron chi connectivity index (χ1n) is 3.63. The van der Waals surface area contributed by atoms with Crippen LogP contribution in [0.25, 0.3) is 0 Å². The average Bonchev–Trinajstić information content (AvgIpc) is 1.82. The molecule has 0 saturated heterocycles. The van der Waals surface area contributed by atoms with Gasteiger partial charge in [0.05, 0.1) is 0 Å². The molecule has 0 fully saturated rings. The highest BCUT2D eigenvalue weighted by atomic mass is 16.1. The third kappa shape index (κ3) is 5.35. The normalized spacial score (nSPS) is 11.6. The Bertz CT molecular complexity index is 134. The van der Waals surface area contributed by atoms with Gasteiger partial charge in [0.15, 0.2) is 5.78 Å². The summed E-state index contributed by atoms with van der Waals surface area (Å²) in [5.41, 5.74) is 5.90. The predicted octanol–water partition coefficient (Wildman–Crippen LogP) is 1.61. The van der Waals surface area contributed by atoms with Crippen molar-refractivity contribution < 1.29 is 4.79 Å². The van der Waals surface area contributed by atoms with Crippen molar-refractivity contribution >= 4 is 5.78 Å². The maximum Gasteiger partial charge on any atom is 0.157 e. The molecule has 0 aromatic rings. The Labute approximate surface area is 62.1 Å². The van der Waals surface area contributed by atoms with E-state index in [9.17, 15) is 4.79 Å². The topological polar surface area (TPSA) is 43.1 Å². The van der Waals surface area contributed by atoms with Crippen molar-refractivity contribution in [3.05, 3.63) is 11.8 Å². The second-order valence-electron chi connectivity index (χ2n) is 2.46. The van der Waals surface area contributed by atoms with Gasteiger partial charge in [-0.3, -0.25) is 4.79 Å². The standard InChI is InChI=1S/C8H15NO/c1-3-4-5-8(10)6-7(2)9/h6H,3-5,9H2,1-2H3. The minimum atomic E-state index is 0.141. The van der Waals surface area contributed by atoms with E-state index < -0.39 is 0 Å². The van der Waals surface area contributed by atoms with Crippen LogP contribution in [0, 0.1) is 0 Å². The first-order chi connectivity index (χ1) is 4.66. The molecule has 2 nitrogen and oxygen atoms in total. The molecule has 0 aromatic carbocycles. The number of carbonyl (C=O) groups excluding carboxylic acids is 1. The van der Waals surface area contributed by atoms with Crippen LogP contribution in [0.2, 0.25) is 0 Å². The Balaban J connectivity index is 3.54. The van der Waals surface area contributed by atoms with Crippen molar-refractivity contribution in [1.29, 1.82) is 0 Å². The van der Waals surface area contributed by atoms with Crippen molar-refractivity contribution in [2.24, 2.45) is 5.73 Å². The van der Waals surface area contributed by atoms with E-state index in [1.54, 1.807) is 6.92 Å². The summed E-state index contributed by atoms with van der Waals surface area (Å²) in [7, 11) is 0. The monoisotopic (exact) mass is 141 g/mol. The van der Waals surface area contributed by atoms with E-state index >= 15 is 0 Å². The molecule has 0 atom stereocenters. The molecule has 0 aliphatic carbocycles. The van der Waals surface area contributed by atoms with Gasteiger partial charge in [-0.15, -0.1) is 0 Å². The third-order valence-electron chi connectivity index (χ3n) is 1.17. The molecule has 10 heavy (non-hydrogen) atoms. The summed E-state index contributed by atoms with van der Waals surface area (Å²) in [6, 6.07) is 0. The van der Waals surface area contributed by atoms with Crippen molar-refractivity contribution in [1.82, 2.24) is 0 Å². The maximum absolute atomic E-state index is 10.9. The molecule has 0 unspecified atom stereocenters. The SMILES string of the molecule is CCCCC(=O)C=C(C)N. The number of nitrogens with two attached hydrogens (primary N) is 1. The van der Waals surface area contributed by atoms with Crippen molar-refractivity contribution in [3.63, 3.8) is 0 Å². The van der Waals surface area contributed by atoms with Crippen LogP contribution < -0.4 is 5.73 Å². The van der Waals surface area contributed by atoms with E-state index in [2.05, 4.69) is 6.92 Å². The van der Waals surface area contributed by atoms with E-state index in [0.717, 1.165) is 12.8 Å². The molecule has 0 bridgehead atoms. The average molecular weight is 141 g/mol. The molecule has 0 saturated carbocycles. The summed E-state index contributed by atoms with van der Waals surface area (Å²) in [6.07, 6.45) is 4.15. The lowest BCUT2D eigenvalue weighted by Gasteiger charge is -1.92. The number of rotatable bonds is 4. The first kappa shape index (κ1) is 9.21. The Morgan fingerprint density at radius 2 is 2.20 bits per heavy atom. The Morgan fingerprint density at radius 3 is 2.60 bits per heavy atom. The maximum atomic E-state index is 10.9. The Morgan fingerprint density at radius 1 is 1.60 bits per heavy atom. The van der Waals surface area contributed by atoms with Gasteiger partial charge < -0.3 is 5.73 Å². The second kappa shape index (κ2) is 5.03. The molecule has 0 spiro atoms. The molecule has 0 rings (SSSR count).